The highest BCUT2D eigenvalue weighted by molar-refractivity contribution is 14.1. The van der Waals surface area contributed by atoms with Gasteiger partial charge in [0, 0.05) is 23.4 Å². The summed E-state index contributed by atoms with van der Waals surface area (Å²) >= 11 is 2.15. The number of carbonyl (C=O) groups is 1. The maximum Gasteiger partial charge on any atom is 0.255 e. The molecule has 1 amide bonds. The van der Waals surface area contributed by atoms with Crippen molar-refractivity contribution >= 4 is 34.2 Å². The van der Waals surface area contributed by atoms with Gasteiger partial charge in [-0.15, -0.1) is 0 Å². The van der Waals surface area contributed by atoms with Gasteiger partial charge in [-0.1, -0.05) is 0 Å². The van der Waals surface area contributed by atoms with E-state index in [-0.39, 0.29) is 5.91 Å². The molecule has 4 heteroatoms. The Hall–Kier alpha value is -0.780. The fourth-order valence-corrected chi connectivity index (χ4v) is 1.45. The average molecular weight is 290 g/mol. The van der Waals surface area contributed by atoms with Crippen molar-refractivity contribution in [1.29, 1.82) is 0 Å². The minimum atomic E-state index is -0.0592. The molecule has 70 valence electrons. The first-order chi connectivity index (χ1) is 6.02. The lowest BCUT2D eigenvalue weighted by atomic mass is 10.1. The Kier molecular flexibility index (Phi) is 3.13. The van der Waals surface area contributed by atoms with Crippen LogP contribution < -0.4 is 5.73 Å². The lowest BCUT2D eigenvalue weighted by molar-refractivity contribution is 0.0828. The largest absolute Gasteiger partial charge is 0.398 e. The predicted molar refractivity (Wildman–Crippen MR) is 61.6 cm³/mol. The van der Waals surface area contributed by atoms with Crippen LogP contribution in [-0.2, 0) is 0 Å². The number of benzene rings is 1. The molecule has 1 aromatic carbocycles. The Labute approximate surface area is 91.0 Å². The summed E-state index contributed by atoms with van der Waals surface area (Å²) in [7, 11) is 3.42. The molecule has 13 heavy (non-hydrogen) atoms. The molecule has 1 aromatic rings. The summed E-state index contributed by atoms with van der Waals surface area (Å²) in [4.78, 5) is 13.1. The third kappa shape index (κ3) is 2.33. The molecule has 0 aromatic heterocycles. The first kappa shape index (κ1) is 10.3. The number of carbonyl (C=O) groups excluding carboxylic acids is 1. The molecule has 0 saturated carbocycles. The monoisotopic (exact) mass is 290 g/mol. The molecule has 0 heterocycles. The normalized spacial score (nSPS) is 9.77. The van der Waals surface area contributed by atoms with Gasteiger partial charge in [-0.25, -0.2) is 0 Å². The Bertz CT molecular complexity index is 336. The SMILES string of the molecule is CN(C)C(=O)c1cc(I)ccc1N. The molecule has 0 aliphatic carbocycles. The molecular weight excluding hydrogens is 279 g/mol. The summed E-state index contributed by atoms with van der Waals surface area (Å²) in [5.41, 5.74) is 6.77. The van der Waals surface area contributed by atoms with E-state index in [0.29, 0.717) is 11.3 Å². The van der Waals surface area contributed by atoms with Gasteiger partial charge in [0.1, 0.15) is 0 Å². The van der Waals surface area contributed by atoms with Crippen LogP contribution in [0.3, 0.4) is 0 Å². The van der Waals surface area contributed by atoms with E-state index in [9.17, 15) is 4.79 Å². The van der Waals surface area contributed by atoms with Crippen LogP contribution in [0.15, 0.2) is 18.2 Å². The highest BCUT2D eigenvalue weighted by Crippen LogP contribution is 2.16. The molecule has 1 rings (SSSR count). The van der Waals surface area contributed by atoms with Crippen LogP contribution in [-0.4, -0.2) is 24.9 Å². The van der Waals surface area contributed by atoms with E-state index in [2.05, 4.69) is 22.6 Å². The van der Waals surface area contributed by atoms with Crippen molar-refractivity contribution in [3.63, 3.8) is 0 Å². The molecule has 0 bridgehead atoms. The van der Waals surface area contributed by atoms with Crippen LogP contribution in [0.5, 0.6) is 0 Å². The number of nitrogens with zero attached hydrogens (tertiary/aromatic N) is 1. The average Bonchev–Trinajstić information content (AvgIpc) is 2.08. The van der Waals surface area contributed by atoms with Gasteiger partial charge in [-0.2, -0.15) is 0 Å². The van der Waals surface area contributed by atoms with Crippen LogP contribution >= 0.6 is 22.6 Å². The highest BCUT2D eigenvalue weighted by Gasteiger charge is 2.11. The summed E-state index contributed by atoms with van der Waals surface area (Å²) in [6, 6.07) is 5.42. The van der Waals surface area contributed by atoms with Gasteiger partial charge in [0.15, 0.2) is 0 Å². The predicted octanol–water partition coefficient (Wildman–Crippen LogP) is 1.58. The fourth-order valence-electron chi connectivity index (χ4n) is 0.955. The van der Waals surface area contributed by atoms with Crippen molar-refractivity contribution in [2.75, 3.05) is 19.8 Å². The lowest BCUT2D eigenvalue weighted by Crippen LogP contribution is -2.22. The van der Waals surface area contributed by atoms with Gasteiger partial charge < -0.3 is 10.6 Å². The second-order valence-corrected chi connectivity index (χ2v) is 4.18. The number of hydrogen-bond donors (Lipinski definition) is 1. The van der Waals surface area contributed by atoms with Gasteiger partial charge in [-0.3, -0.25) is 4.79 Å². The summed E-state index contributed by atoms with van der Waals surface area (Å²) in [6.07, 6.45) is 0. The summed E-state index contributed by atoms with van der Waals surface area (Å²) in [5.74, 6) is -0.0592. The number of rotatable bonds is 1. The quantitative estimate of drug-likeness (QED) is 0.630. The molecule has 0 saturated heterocycles. The van der Waals surface area contributed by atoms with Crippen molar-refractivity contribution in [3.8, 4) is 0 Å². The second kappa shape index (κ2) is 3.95. The van der Waals surface area contributed by atoms with E-state index < -0.39 is 0 Å². The molecule has 2 N–H and O–H groups in total. The first-order valence-electron chi connectivity index (χ1n) is 3.79. The minimum Gasteiger partial charge on any atom is -0.398 e. The van der Waals surface area contributed by atoms with E-state index in [1.54, 1.807) is 26.2 Å². The zero-order valence-corrected chi connectivity index (χ0v) is 9.70. The Morgan fingerprint density at radius 3 is 2.62 bits per heavy atom. The number of hydrogen-bond acceptors (Lipinski definition) is 2. The smallest absolute Gasteiger partial charge is 0.255 e. The molecule has 0 spiro atoms. The molecule has 0 fully saturated rings. The highest BCUT2D eigenvalue weighted by atomic mass is 127. The third-order valence-electron chi connectivity index (χ3n) is 1.65. The van der Waals surface area contributed by atoms with Crippen LogP contribution in [0.2, 0.25) is 0 Å². The van der Waals surface area contributed by atoms with Gasteiger partial charge >= 0.3 is 0 Å². The molecular formula is C9H11IN2O. The van der Waals surface area contributed by atoms with E-state index in [0.717, 1.165) is 3.57 Å². The zero-order valence-electron chi connectivity index (χ0n) is 7.54. The minimum absolute atomic E-state index is 0.0592. The number of halogens is 1. The van der Waals surface area contributed by atoms with Gasteiger partial charge in [0.2, 0.25) is 0 Å². The number of anilines is 1. The van der Waals surface area contributed by atoms with Gasteiger partial charge in [-0.05, 0) is 40.8 Å². The number of amides is 1. The van der Waals surface area contributed by atoms with Gasteiger partial charge in [0.25, 0.3) is 5.91 Å². The second-order valence-electron chi connectivity index (χ2n) is 2.93. The topological polar surface area (TPSA) is 46.3 Å². The van der Waals surface area contributed by atoms with E-state index in [4.69, 9.17) is 5.73 Å². The van der Waals surface area contributed by atoms with Crippen molar-refractivity contribution in [2.24, 2.45) is 0 Å². The van der Waals surface area contributed by atoms with Crippen molar-refractivity contribution in [3.05, 3.63) is 27.3 Å². The number of nitrogen functional groups attached to an aromatic ring is 1. The summed E-state index contributed by atoms with van der Waals surface area (Å²) in [5, 5.41) is 0. The van der Waals surface area contributed by atoms with Crippen LogP contribution in [0.1, 0.15) is 10.4 Å². The third-order valence-corrected chi connectivity index (χ3v) is 2.32. The van der Waals surface area contributed by atoms with Crippen LogP contribution in [0.4, 0.5) is 5.69 Å². The Balaban J connectivity index is 3.13. The number of nitrogens with two attached hydrogens (primary N) is 1. The fraction of sp³-hybridized carbons (Fsp3) is 0.222. The first-order valence-corrected chi connectivity index (χ1v) is 4.87. The Morgan fingerprint density at radius 2 is 2.08 bits per heavy atom. The van der Waals surface area contributed by atoms with Gasteiger partial charge in [0.05, 0.1) is 5.56 Å². The van der Waals surface area contributed by atoms with Crippen LogP contribution in [0, 0.1) is 3.57 Å². The maximum absolute atomic E-state index is 11.6. The van der Waals surface area contributed by atoms with Crippen LogP contribution in [0.25, 0.3) is 0 Å². The molecule has 0 radical (unpaired) electrons. The molecule has 3 nitrogen and oxygen atoms in total. The Morgan fingerprint density at radius 1 is 1.46 bits per heavy atom. The van der Waals surface area contributed by atoms with E-state index >= 15 is 0 Å². The summed E-state index contributed by atoms with van der Waals surface area (Å²) in [6.45, 7) is 0. The zero-order chi connectivity index (χ0) is 10.0. The van der Waals surface area contributed by atoms with E-state index in [1.165, 1.54) is 4.90 Å². The van der Waals surface area contributed by atoms with Crippen molar-refractivity contribution < 1.29 is 4.79 Å². The van der Waals surface area contributed by atoms with Crippen molar-refractivity contribution in [2.45, 2.75) is 0 Å². The molecule has 0 atom stereocenters. The molecule has 0 aliphatic rings. The standard InChI is InChI=1S/C9H11IN2O/c1-12(2)9(13)7-5-6(10)3-4-8(7)11/h3-5H,11H2,1-2H3. The lowest BCUT2D eigenvalue weighted by Gasteiger charge is -2.12. The van der Waals surface area contributed by atoms with Crippen molar-refractivity contribution in [1.82, 2.24) is 4.90 Å². The molecule has 0 unspecified atom stereocenters. The van der Waals surface area contributed by atoms with E-state index in [1.807, 2.05) is 6.07 Å². The summed E-state index contributed by atoms with van der Waals surface area (Å²) < 4.78 is 1.01. The molecule has 0 aliphatic heterocycles. The maximum atomic E-state index is 11.6.